The van der Waals surface area contributed by atoms with E-state index in [0.29, 0.717) is 63.8 Å². The van der Waals surface area contributed by atoms with E-state index in [0.717, 1.165) is 19.3 Å². The summed E-state index contributed by atoms with van der Waals surface area (Å²) in [6.07, 6.45) is 3.44. The maximum Gasteiger partial charge on any atom is 0.249 e. The van der Waals surface area contributed by atoms with Gasteiger partial charge in [-0.3, -0.25) is 0 Å². The van der Waals surface area contributed by atoms with Crippen molar-refractivity contribution in [1.82, 2.24) is 15.0 Å². The van der Waals surface area contributed by atoms with Gasteiger partial charge >= 0.3 is 0 Å². The summed E-state index contributed by atoms with van der Waals surface area (Å²) in [7, 11) is -4.80. The number of nitrogens with zero attached hydrogens (tertiary/aromatic N) is 4. The Bertz CT molecular complexity index is 2300. The molecule has 2 aliphatic heterocycles. The molecule has 0 spiro atoms. The second-order valence-corrected chi connectivity index (χ2v) is 24.1. The molecule has 294 valence electrons. The van der Waals surface area contributed by atoms with Gasteiger partial charge in [0.15, 0.2) is 12.6 Å². The molecule has 2 fully saturated rings. The summed E-state index contributed by atoms with van der Waals surface area (Å²) in [5.74, 6) is 3.15. The van der Waals surface area contributed by atoms with Gasteiger partial charge in [-0.1, -0.05) is 67.4 Å². The lowest BCUT2D eigenvalue weighted by atomic mass is 9.86. The third-order valence-electron chi connectivity index (χ3n) is 12.5. The highest BCUT2D eigenvalue weighted by Crippen LogP contribution is 2.50. The highest BCUT2D eigenvalue weighted by atomic mass is 32.2. The zero-order chi connectivity index (χ0) is 39.6. The first-order chi connectivity index (χ1) is 26.2. The van der Waals surface area contributed by atoms with Crippen LogP contribution in [0.2, 0.25) is 16.6 Å². The number of fused-ring (bicyclic) bond motifs is 6. The lowest BCUT2D eigenvalue weighted by molar-refractivity contribution is 0.0512. The van der Waals surface area contributed by atoms with E-state index in [1.165, 1.54) is 20.1 Å². The second kappa shape index (κ2) is 14.9. The topological polar surface area (TPSA) is 104 Å². The van der Waals surface area contributed by atoms with Crippen molar-refractivity contribution in [3.8, 4) is 34.4 Å². The first-order valence-electron chi connectivity index (χ1n) is 19.6. The summed E-state index contributed by atoms with van der Waals surface area (Å²) in [6, 6.07) is 6.24. The number of ether oxygens (including phenoxy) is 3. The van der Waals surface area contributed by atoms with Crippen LogP contribution in [0.1, 0.15) is 86.6 Å². The zero-order valence-electron chi connectivity index (χ0n) is 33.3. The average Bonchev–Trinajstić information content (AvgIpc) is 3.47. The number of sulfone groups is 1. The maximum atomic E-state index is 17.7. The van der Waals surface area contributed by atoms with Gasteiger partial charge in [-0.2, -0.15) is 0 Å². The number of pyridine rings is 1. The van der Waals surface area contributed by atoms with Crippen molar-refractivity contribution in [3.63, 3.8) is 0 Å². The lowest BCUT2D eigenvalue weighted by Crippen LogP contribution is -2.53. The molecule has 2 aromatic carbocycles. The lowest BCUT2D eigenvalue weighted by Gasteiger charge is -2.43. The van der Waals surface area contributed by atoms with Crippen LogP contribution in [0.15, 0.2) is 29.4 Å². The molecule has 0 amide bonds. The van der Waals surface area contributed by atoms with Gasteiger partial charge in [0, 0.05) is 24.6 Å². The van der Waals surface area contributed by atoms with Gasteiger partial charge in [-0.15, -0.1) is 5.54 Å². The molecule has 3 aliphatic rings. The van der Waals surface area contributed by atoms with E-state index in [2.05, 4.69) is 67.9 Å². The Kier molecular flexibility index (Phi) is 10.7. The summed E-state index contributed by atoms with van der Waals surface area (Å²) >= 11 is 0. The Morgan fingerprint density at radius 2 is 1.73 bits per heavy atom. The molecule has 2 bridgehead atoms. The van der Waals surface area contributed by atoms with E-state index in [4.69, 9.17) is 19.2 Å². The molecule has 0 unspecified atom stereocenters. The molecule has 2 aromatic heterocycles. The van der Waals surface area contributed by atoms with Gasteiger partial charge in [-0.05, 0) is 77.7 Å². The molecule has 0 radical (unpaired) electrons. The van der Waals surface area contributed by atoms with E-state index in [1.54, 1.807) is 18.2 Å². The highest BCUT2D eigenvalue weighted by molar-refractivity contribution is 7.91. The van der Waals surface area contributed by atoms with Crippen LogP contribution in [0, 0.1) is 34.9 Å². The number of methoxy groups -OCH3 is 1. The summed E-state index contributed by atoms with van der Waals surface area (Å²) in [5.41, 5.74) is 4.50. The van der Waals surface area contributed by atoms with Crippen molar-refractivity contribution in [2.24, 2.45) is 11.8 Å². The molecule has 1 saturated heterocycles. The van der Waals surface area contributed by atoms with Gasteiger partial charge < -0.3 is 19.1 Å². The van der Waals surface area contributed by atoms with Gasteiger partial charge in [-0.25, -0.2) is 32.2 Å². The minimum absolute atomic E-state index is 0.0849. The van der Waals surface area contributed by atoms with Crippen molar-refractivity contribution >= 4 is 45.4 Å². The third-order valence-corrected chi connectivity index (χ3v) is 20.3. The number of piperidine rings is 1. The van der Waals surface area contributed by atoms with Crippen molar-refractivity contribution < 1.29 is 31.4 Å². The van der Waals surface area contributed by atoms with Crippen molar-refractivity contribution in [2.75, 3.05) is 31.1 Å². The molecular formula is C42H52F2N4O5SSi. The monoisotopic (exact) mass is 790 g/mol. The van der Waals surface area contributed by atoms with Crippen LogP contribution in [-0.4, -0.2) is 69.8 Å². The maximum absolute atomic E-state index is 17.7. The van der Waals surface area contributed by atoms with Gasteiger partial charge in [0.2, 0.25) is 20.9 Å². The number of rotatable bonds is 10. The molecular weight excluding hydrogens is 739 g/mol. The van der Waals surface area contributed by atoms with E-state index in [1.807, 2.05) is 6.92 Å². The highest BCUT2D eigenvalue weighted by Gasteiger charge is 2.48. The minimum Gasteiger partial charge on any atom is -0.472 e. The Labute approximate surface area is 324 Å². The molecule has 13 heteroatoms. The second-order valence-electron chi connectivity index (χ2n) is 16.4. The van der Waals surface area contributed by atoms with E-state index in [9.17, 15) is 8.42 Å². The first-order valence-corrected chi connectivity index (χ1v) is 23.5. The molecule has 4 aromatic rings. The van der Waals surface area contributed by atoms with Crippen LogP contribution < -0.4 is 14.4 Å². The van der Waals surface area contributed by atoms with Crippen molar-refractivity contribution in [2.45, 2.75) is 115 Å². The number of benzene rings is 2. The molecule has 4 atom stereocenters. The van der Waals surface area contributed by atoms with Crippen LogP contribution in [0.25, 0.3) is 32.9 Å². The largest absolute Gasteiger partial charge is 0.472 e. The summed E-state index contributed by atoms with van der Waals surface area (Å²) in [4.78, 5) is 16.2. The number of anilines is 1. The van der Waals surface area contributed by atoms with Gasteiger partial charge in [0.25, 0.3) is 0 Å². The molecule has 7 rings (SSSR count). The van der Waals surface area contributed by atoms with Crippen molar-refractivity contribution in [1.29, 1.82) is 0 Å². The summed E-state index contributed by atoms with van der Waals surface area (Å²) < 4.78 is 78.9. The fourth-order valence-corrected chi connectivity index (χ4v) is 15.8. The number of halogens is 2. The van der Waals surface area contributed by atoms with E-state index >= 15 is 8.78 Å². The Morgan fingerprint density at radius 1 is 1.00 bits per heavy atom. The molecule has 55 heavy (non-hydrogen) atoms. The minimum atomic E-state index is -3.97. The van der Waals surface area contributed by atoms with E-state index < -0.39 is 34.7 Å². The standard InChI is InChI=1S/C42H52F2N4O5SSi/c1-10-33-39-28-13-12-26(18-28)21-48(39)40-35-38(46-42(47-40)54(49,50)11-2)36(44)37(45-41(35)53-33)31-20-29(52-22-51-9)19-27-14-15-32(43)30(34(27)31)16-17-55(23(3)4,24(5)6)25(7)8/h14-15,19-20,23-26,28,33,39H,10-13,18,21-22H2,1-9H3/t26-,28+,33-,39-/m0/s1. The molecule has 1 saturated carbocycles. The average molecular weight is 791 g/mol. The van der Waals surface area contributed by atoms with Crippen molar-refractivity contribution in [3.05, 3.63) is 41.5 Å². The summed E-state index contributed by atoms with van der Waals surface area (Å²) in [5, 5.41) is 0.719. The predicted octanol–water partition coefficient (Wildman–Crippen LogP) is 9.24. The predicted molar refractivity (Wildman–Crippen MR) is 215 cm³/mol. The van der Waals surface area contributed by atoms with Crippen LogP contribution >= 0.6 is 0 Å². The number of hydrogen-bond acceptors (Lipinski definition) is 9. The quantitative estimate of drug-likeness (QED) is 0.0673. The Morgan fingerprint density at radius 3 is 2.38 bits per heavy atom. The first kappa shape index (κ1) is 39.4. The Balaban J connectivity index is 1.58. The third kappa shape index (κ3) is 6.55. The molecule has 4 heterocycles. The van der Waals surface area contributed by atoms with Gasteiger partial charge in [0.05, 0.1) is 17.4 Å². The smallest absolute Gasteiger partial charge is 0.249 e. The number of aromatic nitrogens is 3. The molecule has 0 N–H and O–H groups in total. The van der Waals surface area contributed by atoms with Crippen LogP contribution in [0.4, 0.5) is 14.6 Å². The van der Waals surface area contributed by atoms with Crippen LogP contribution in [-0.2, 0) is 14.6 Å². The van der Waals surface area contributed by atoms with E-state index in [-0.39, 0.29) is 58.3 Å². The van der Waals surface area contributed by atoms with Gasteiger partial charge in [0.1, 0.15) is 48.2 Å². The molecule has 1 aliphatic carbocycles. The summed E-state index contributed by atoms with van der Waals surface area (Å²) in [6.45, 7) is 17.3. The zero-order valence-corrected chi connectivity index (χ0v) is 35.1. The SMILES string of the molecule is CC[C@@H]1Oc2nc(-c3cc(OCOC)cc4ccc(F)c(C#C[Si](C(C)C)(C(C)C)C(C)C)c34)c(F)c3nc(S(=O)(=O)CC)nc(c23)N2C[C@H]3CC[C@H](C3)[C@@H]12. The van der Waals surface area contributed by atoms with Crippen LogP contribution in [0.3, 0.4) is 0 Å². The van der Waals surface area contributed by atoms with Crippen LogP contribution in [0.5, 0.6) is 11.6 Å². The fraction of sp³-hybridized carbons (Fsp3) is 0.548. The number of hydrogen-bond donors (Lipinski definition) is 0. The Hall–Kier alpha value is -3.86. The molecule has 9 nitrogen and oxygen atoms in total. The fourth-order valence-electron chi connectivity index (χ4n) is 9.89. The normalized spacial score (nSPS) is 20.9.